The molecule has 8 nitrogen and oxygen atoms in total. The molecule has 0 spiro atoms. The summed E-state index contributed by atoms with van der Waals surface area (Å²) in [5, 5.41) is 2.68. The van der Waals surface area contributed by atoms with Crippen LogP contribution in [0.3, 0.4) is 0 Å². The third-order valence-corrected chi connectivity index (χ3v) is 9.56. The summed E-state index contributed by atoms with van der Waals surface area (Å²) in [6, 6.07) is 19.1. The number of carbonyl (C=O) groups excluding carboxylic acids is 1. The minimum absolute atomic E-state index is 0.0729. The van der Waals surface area contributed by atoms with E-state index < -0.39 is 32.5 Å². The lowest BCUT2D eigenvalue weighted by molar-refractivity contribution is -0.114. The molecule has 0 unspecified atom stereocenters. The van der Waals surface area contributed by atoms with Crippen LogP contribution in [0.2, 0.25) is 0 Å². The Balaban J connectivity index is 1.88. The average molecular weight is 530 g/mol. The van der Waals surface area contributed by atoms with Crippen LogP contribution in [0.1, 0.15) is 25.0 Å². The molecule has 0 heterocycles. The number of sulfonamides is 2. The summed E-state index contributed by atoms with van der Waals surface area (Å²) in [5.41, 5.74) is 2.45. The highest BCUT2D eigenvalue weighted by molar-refractivity contribution is 7.92. The van der Waals surface area contributed by atoms with Crippen molar-refractivity contribution in [2.75, 3.05) is 29.3 Å². The van der Waals surface area contributed by atoms with E-state index in [0.717, 1.165) is 9.87 Å². The van der Waals surface area contributed by atoms with Crippen molar-refractivity contribution in [1.82, 2.24) is 4.31 Å². The van der Waals surface area contributed by atoms with Crippen molar-refractivity contribution in [2.24, 2.45) is 0 Å². The SMILES string of the molecule is CCN(CC)S(=O)(=O)c1ccc(NC(=O)CN(c2ccc(C)cc2C)S(=O)(=O)c2ccccc2)cc1. The van der Waals surface area contributed by atoms with Crippen molar-refractivity contribution < 1.29 is 21.6 Å². The first kappa shape index (κ1) is 27.4. The molecule has 1 N–H and O–H groups in total. The second kappa shape index (κ2) is 11.2. The second-order valence-electron chi connectivity index (χ2n) is 8.28. The van der Waals surface area contributed by atoms with E-state index in [1.165, 1.54) is 40.7 Å². The van der Waals surface area contributed by atoms with Gasteiger partial charge in [0.25, 0.3) is 10.0 Å². The number of rotatable bonds is 10. The quantitative estimate of drug-likeness (QED) is 0.425. The number of nitrogens with one attached hydrogen (secondary N) is 1. The summed E-state index contributed by atoms with van der Waals surface area (Å²) >= 11 is 0. The van der Waals surface area contributed by atoms with Crippen LogP contribution in [0.15, 0.2) is 82.6 Å². The van der Waals surface area contributed by atoms with Gasteiger partial charge in [-0.3, -0.25) is 9.10 Å². The number of nitrogens with zero attached hydrogens (tertiary/aromatic N) is 2. The van der Waals surface area contributed by atoms with Crippen LogP contribution >= 0.6 is 0 Å². The minimum Gasteiger partial charge on any atom is -0.325 e. The Bertz CT molecular complexity index is 1420. The monoisotopic (exact) mass is 529 g/mol. The molecule has 36 heavy (non-hydrogen) atoms. The molecule has 0 aromatic heterocycles. The number of hydrogen-bond acceptors (Lipinski definition) is 5. The fraction of sp³-hybridized carbons (Fsp3) is 0.269. The van der Waals surface area contributed by atoms with Gasteiger partial charge in [-0.2, -0.15) is 4.31 Å². The van der Waals surface area contributed by atoms with Crippen LogP contribution in [-0.2, 0) is 24.8 Å². The molecule has 0 saturated carbocycles. The highest BCUT2D eigenvalue weighted by atomic mass is 32.2. The molecule has 0 radical (unpaired) electrons. The first-order valence-electron chi connectivity index (χ1n) is 11.6. The number of hydrogen-bond donors (Lipinski definition) is 1. The van der Waals surface area contributed by atoms with Gasteiger partial charge in [0.2, 0.25) is 15.9 Å². The van der Waals surface area contributed by atoms with Gasteiger partial charge < -0.3 is 5.32 Å². The molecule has 0 saturated heterocycles. The summed E-state index contributed by atoms with van der Waals surface area (Å²) in [6.07, 6.45) is 0. The van der Waals surface area contributed by atoms with Gasteiger partial charge in [0.1, 0.15) is 6.54 Å². The predicted molar refractivity (Wildman–Crippen MR) is 142 cm³/mol. The van der Waals surface area contributed by atoms with Gasteiger partial charge in [0, 0.05) is 18.8 Å². The van der Waals surface area contributed by atoms with Crippen molar-refractivity contribution >= 4 is 37.3 Å². The fourth-order valence-corrected chi connectivity index (χ4v) is 6.82. The molecule has 10 heteroatoms. The second-order valence-corrected chi connectivity index (χ2v) is 12.1. The fourth-order valence-electron chi connectivity index (χ4n) is 3.86. The molecule has 3 aromatic rings. The maximum Gasteiger partial charge on any atom is 0.264 e. The van der Waals surface area contributed by atoms with E-state index in [9.17, 15) is 21.6 Å². The van der Waals surface area contributed by atoms with Crippen LogP contribution < -0.4 is 9.62 Å². The molecule has 3 aromatic carbocycles. The van der Waals surface area contributed by atoms with E-state index in [-0.39, 0.29) is 9.79 Å². The first-order chi connectivity index (χ1) is 17.0. The van der Waals surface area contributed by atoms with Crippen LogP contribution in [0.4, 0.5) is 11.4 Å². The van der Waals surface area contributed by atoms with Gasteiger partial charge in [0.05, 0.1) is 15.5 Å². The van der Waals surface area contributed by atoms with Gasteiger partial charge in [0.15, 0.2) is 0 Å². The summed E-state index contributed by atoms with van der Waals surface area (Å²) in [7, 11) is -7.66. The van der Waals surface area contributed by atoms with Gasteiger partial charge in [-0.25, -0.2) is 16.8 Å². The Kier molecular flexibility index (Phi) is 8.55. The summed E-state index contributed by atoms with van der Waals surface area (Å²) in [6.45, 7) is 7.47. The molecule has 192 valence electrons. The highest BCUT2D eigenvalue weighted by Crippen LogP contribution is 2.28. The third kappa shape index (κ3) is 5.95. The minimum atomic E-state index is -4.03. The van der Waals surface area contributed by atoms with Gasteiger partial charge >= 0.3 is 0 Å². The molecule has 0 atom stereocenters. The van der Waals surface area contributed by atoms with E-state index in [0.29, 0.717) is 30.0 Å². The standard InChI is InChI=1S/C26H31N3O5S2/c1-5-28(6-2)35(31,32)24-15-13-22(14-16-24)27-26(30)19-29(25-17-12-20(3)18-21(25)4)36(33,34)23-10-8-7-9-11-23/h7-18H,5-6,19H2,1-4H3,(H,27,30). The van der Waals surface area contributed by atoms with Gasteiger partial charge in [-0.05, 0) is 61.9 Å². The Morgan fingerprint density at radius 1 is 0.778 bits per heavy atom. The van der Waals surface area contributed by atoms with E-state index >= 15 is 0 Å². The summed E-state index contributed by atoms with van der Waals surface area (Å²) < 4.78 is 54.8. The number of amides is 1. The Hall–Kier alpha value is -3.21. The zero-order valence-electron chi connectivity index (χ0n) is 20.8. The zero-order valence-corrected chi connectivity index (χ0v) is 22.4. The Morgan fingerprint density at radius 3 is 1.92 bits per heavy atom. The lowest BCUT2D eigenvalue weighted by Gasteiger charge is -2.26. The maximum atomic E-state index is 13.5. The molecule has 0 aliphatic rings. The van der Waals surface area contributed by atoms with Crippen molar-refractivity contribution in [3.8, 4) is 0 Å². The molecule has 0 aliphatic carbocycles. The van der Waals surface area contributed by atoms with E-state index in [1.807, 2.05) is 13.0 Å². The number of benzene rings is 3. The lowest BCUT2D eigenvalue weighted by Crippen LogP contribution is -2.38. The Labute approximate surface area is 213 Å². The number of aryl methyl sites for hydroxylation is 2. The smallest absolute Gasteiger partial charge is 0.264 e. The molecule has 1 amide bonds. The molecule has 0 fully saturated rings. The highest BCUT2D eigenvalue weighted by Gasteiger charge is 2.28. The number of carbonyl (C=O) groups is 1. The van der Waals surface area contributed by atoms with Crippen molar-refractivity contribution in [2.45, 2.75) is 37.5 Å². The zero-order chi connectivity index (χ0) is 26.5. The predicted octanol–water partition coefficient (Wildman–Crippen LogP) is 4.17. The van der Waals surface area contributed by atoms with Crippen LogP contribution in [-0.4, -0.2) is 46.7 Å². The van der Waals surface area contributed by atoms with Gasteiger partial charge in [-0.15, -0.1) is 0 Å². The molecule has 0 aliphatic heterocycles. The topological polar surface area (TPSA) is 104 Å². The third-order valence-electron chi connectivity index (χ3n) is 5.72. The lowest BCUT2D eigenvalue weighted by atomic mass is 10.1. The van der Waals surface area contributed by atoms with E-state index in [2.05, 4.69) is 5.32 Å². The number of anilines is 2. The normalized spacial score (nSPS) is 11.9. The maximum absolute atomic E-state index is 13.5. The largest absolute Gasteiger partial charge is 0.325 e. The van der Waals surface area contributed by atoms with Crippen LogP contribution in [0.5, 0.6) is 0 Å². The first-order valence-corrected chi connectivity index (χ1v) is 14.4. The molecular formula is C26H31N3O5S2. The van der Waals surface area contributed by atoms with Gasteiger partial charge in [-0.1, -0.05) is 49.7 Å². The molecule has 3 rings (SSSR count). The Morgan fingerprint density at radius 2 is 1.36 bits per heavy atom. The van der Waals surface area contributed by atoms with E-state index in [4.69, 9.17) is 0 Å². The van der Waals surface area contributed by atoms with Crippen LogP contribution in [0, 0.1) is 13.8 Å². The van der Waals surface area contributed by atoms with Crippen molar-refractivity contribution in [3.05, 3.63) is 83.9 Å². The molecule has 0 bridgehead atoms. The summed E-state index contributed by atoms with van der Waals surface area (Å²) in [5.74, 6) is -0.561. The summed E-state index contributed by atoms with van der Waals surface area (Å²) in [4.78, 5) is 13.2. The van der Waals surface area contributed by atoms with E-state index in [1.54, 1.807) is 51.1 Å². The average Bonchev–Trinajstić information content (AvgIpc) is 2.84. The van der Waals surface area contributed by atoms with Crippen molar-refractivity contribution in [3.63, 3.8) is 0 Å². The van der Waals surface area contributed by atoms with Crippen LogP contribution in [0.25, 0.3) is 0 Å². The van der Waals surface area contributed by atoms with Crippen molar-refractivity contribution in [1.29, 1.82) is 0 Å². The molecular weight excluding hydrogens is 498 g/mol.